The Morgan fingerprint density at radius 1 is 1.14 bits per heavy atom. The van der Waals surface area contributed by atoms with Gasteiger partial charge in [-0.25, -0.2) is 9.78 Å². The molecule has 0 saturated heterocycles. The van der Waals surface area contributed by atoms with Crippen molar-refractivity contribution in [3.8, 4) is 0 Å². The van der Waals surface area contributed by atoms with Crippen LogP contribution in [0.2, 0.25) is 0 Å². The maximum atomic E-state index is 11.8. The van der Waals surface area contributed by atoms with E-state index in [4.69, 9.17) is 4.74 Å². The summed E-state index contributed by atoms with van der Waals surface area (Å²) in [5.41, 5.74) is 0.823. The highest BCUT2D eigenvalue weighted by molar-refractivity contribution is 6.05. The highest BCUT2D eigenvalue weighted by atomic mass is 16.5. The third kappa shape index (κ3) is 5.21. The van der Waals surface area contributed by atoms with Crippen LogP contribution in [0.3, 0.4) is 0 Å². The van der Waals surface area contributed by atoms with Crippen LogP contribution >= 0.6 is 0 Å². The highest BCUT2D eigenvalue weighted by Crippen LogP contribution is 2.15. The quantitative estimate of drug-likeness (QED) is 0.630. The van der Waals surface area contributed by atoms with Gasteiger partial charge in [0.1, 0.15) is 6.42 Å². The van der Waals surface area contributed by atoms with Crippen molar-refractivity contribution in [2.45, 2.75) is 27.2 Å². The molecule has 1 heterocycles. The molecule has 0 saturated carbocycles. The molecule has 0 bridgehead atoms. The van der Waals surface area contributed by atoms with E-state index in [9.17, 15) is 14.4 Å². The molecule has 0 radical (unpaired) electrons. The number of nitrogens with one attached hydrogen (secondary N) is 1. The minimum atomic E-state index is -0.632. The van der Waals surface area contributed by atoms with Crippen LogP contribution in [0.1, 0.15) is 36.5 Å². The summed E-state index contributed by atoms with van der Waals surface area (Å²) in [6, 6.07) is 3.18. The van der Waals surface area contributed by atoms with E-state index in [0.717, 1.165) is 0 Å². The molecule has 0 aliphatic heterocycles. The summed E-state index contributed by atoms with van der Waals surface area (Å²) in [4.78, 5) is 38.8. The Balaban J connectivity index is 2.85. The molecule has 1 N–H and O–H groups in total. The number of hydrogen-bond acceptors (Lipinski definition) is 6. The molecule has 114 valence electrons. The standard InChI is InChI=1S/C14H18N2O5/c1-4-20-12(18)8-11(17)16-10-7-6-9(3)15-13(10)14(19)21-5-2/h6-7H,4-5,8H2,1-3H3,(H,16,17). The predicted octanol–water partition coefficient (Wildman–Crippen LogP) is 1.46. The lowest BCUT2D eigenvalue weighted by Gasteiger charge is -2.10. The molecular weight excluding hydrogens is 276 g/mol. The van der Waals surface area contributed by atoms with Crippen molar-refractivity contribution in [3.63, 3.8) is 0 Å². The van der Waals surface area contributed by atoms with E-state index in [-0.39, 0.29) is 24.6 Å². The Morgan fingerprint density at radius 3 is 2.43 bits per heavy atom. The van der Waals surface area contributed by atoms with Gasteiger partial charge >= 0.3 is 11.9 Å². The second-order valence-corrected chi connectivity index (χ2v) is 4.10. The molecule has 0 aliphatic carbocycles. The van der Waals surface area contributed by atoms with Crippen molar-refractivity contribution in [3.05, 3.63) is 23.5 Å². The number of carbonyl (C=O) groups excluding carboxylic acids is 3. The summed E-state index contributed by atoms with van der Waals surface area (Å²) < 4.78 is 9.56. The molecule has 21 heavy (non-hydrogen) atoms. The summed E-state index contributed by atoms with van der Waals surface area (Å²) >= 11 is 0. The second-order valence-electron chi connectivity index (χ2n) is 4.10. The topological polar surface area (TPSA) is 94.6 Å². The van der Waals surface area contributed by atoms with Crippen LogP contribution in [-0.2, 0) is 19.1 Å². The fourth-order valence-electron chi connectivity index (χ4n) is 1.55. The zero-order valence-electron chi connectivity index (χ0n) is 12.3. The Labute approximate surface area is 122 Å². The number of amides is 1. The van der Waals surface area contributed by atoms with E-state index in [1.54, 1.807) is 26.8 Å². The second kappa shape index (κ2) is 7.98. The van der Waals surface area contributed by atoms with Gasteiger partial charge in [-0.15, -0.1) is 0 Å². The number of ether oxygens (including phenoxy) is 2. The molecule has 0 unspecified atom stereocenters. The molecule has 0 spiro atoms. The highest BCUT2D eigenvalue weighted by Gasteiger charge is 2.18. The van der Waals surface area contributed by atoms with E-state index in [0.29, 0.717) is 5.69 Å². The third-order valence-corrected chi connectivity index (χ3v) is 2.39. The van der Waals surface area contributed by atoms with Crippen LogP contribution in [0, 0.1) is 6.92 Å². The molecule has 0 aromatic carbocycles. The van der Waals surface area contributed by atoms with Crippen molar-refractivity contribution in [1.82, 2.24) is 4.98 Å². The summed E-state index contributed by atoms with van der Waals surface area (Å²) in [6.45, 7) is 5.44. The number of nitrogens with zero attached hydrogens (tertiary/aromatic N) is 1. The average Bonchev–Trinajstić information content (AvgIpc) is 2.41. The number of aromatic nitrogens is 1. The average molecular weight is 294 g/mol. The summed E-state index contributed by atoms with van der Waals surface area (Å²) in [5, 5.41) is 2.46. The Morgan fingerprint density at radius 2 is 1.81 bits per heavy atom. The minimum absolute atomic E-state index is 0.00839. The number of aryl methyl sites for hydroxylation is 1. The number of anilines is 1. The lowest BCUT2D eigenvalue weighted by atomic mass is 10.2. The van der Waals surface area contributed by atoms with E-state index in [1.165, 1.54) is 6.07 Å². The molecule has 1 aromatic rings. The zero-order valence-corrected chi connectivity index (χ0v) is 12.3. The molecular formula is C14H18N2O5. The predicted molar refractivity (Wildman–Crippen MR) is 74.8 cm³/mol. The molecule has 0 atom stereocenters. The molecule has 1 rings (SSSR count). The first-order chi connectivity index (χ1) is 9.97. The Bertz CT molecular complexity index is 542. The van der Waals surface area contributed by atoms with Gasteiger partial charge in [-0.1, -0.05) is 0 Å². The fraction of sp³-hybridized carbons (Fsp3) is 0.429. The van der Waals surface area contributed by atoms with E-state index in [2.05, 4.69) is 15.0 Å². The molecule has 7 nitrogen and oxygen atoms in total. The van der Waals surface area contributed by atoms with Crippen molar-refractivity contribution < 1.29 is 23.9 Å². The fourth-order valence-corrected chi connectivity index (χ4v) is 1.55. The molecule has 0 fully saturated rings. The number of rotatable bonds is 6. The van der Waals surface area contributed by atoms with Crippen LogP contribution in [0.15, 0.2) is 12.1 Å². The number of hydrogen-bond donors (Lipinski definition) is 1. The van der Waals surface area contributed by atoms with Gasteiger partial charge in [0.25, 0.3) is 0 Å². The van der Waals surface area contributed by atoms with Crippen molar-refractivity contribution in [1.29, 1.82) is 0 Å². The van der Waals surface area contributed by atoms with E-state index < -0.39 is 24.3 Å². The largest absolute Gasteiger partial charge is 0.466 e. The lowest BCUT2D eigenvalue weighted by molar-refractivity contribution is -0.145. The first-order valence-electron chi connectivity index (χ1n) is 6.58. The summed E-state index contributed by atoms with van der Waals surface area (Å²) in [6.07, 6.45) is -0.427. The van der Waals surface area contributed by atoms with Crippen LogP contribution in [0.4, 0.5) is 5.69 Å². The molecule has 0 aliphatic rings. The molecule has 7 heteroatoms. The number of carbonyl (C=O) groups is 3. The number of pyridine rings is 1. The lowest BCUT2D eigenvalue weighted by Crippen LogP contribution is -2.20. The molecule has 1 amide bonds. The van der Waals surface area contributed by atoms with Crippen molar-refractivity contribution >= 4 is 23.5 Å². The number of esters is 2. The van der Waals surface area contributed by atoms with Crippen LogP contribution in [0.25, 0.3) is 0 Å². The van der Waals surface area contributed by atoms with Crippen LogP contribution in [0.5, 0.6) is 0 Å². The minimum Gasteiger partial charge on any atom is -0.466 e. The SMILES string of the molecule is CCOC(=O)CC(=O)Nc1ccc(C)nc1C(=O)OCC. The zero-order chi connectivity index (χ0) is 15.8. The van der Waals surface area contributed by atoms with Gasteiger partial charge in [-0.2, -0.15) is 0 Å². The molecule has 1 aromatic heterocycles. The smallest absolute Gasteiger partial charge is 0.359 e. The third-order valence-electron chi connectivity index (χ3n) is 2.39. The van der Waals surface area contributed by atoms with Gasteiger partial charge in [0.2, 0.25) is 5.91 Å². The first-order valence-corrected chi connectivity index (χ1v) is 6.58. The van der Waals surface area contributed by atoms with Crippen molar-refractivity contribution in [2.24, 2.45) is 0 Å². The van der Waals surface area contributed by atoms with Crippen LogP contribution < -0.4 is 5.32 Å². The van der Waals surface area contributed by atoms with Gasteiger partial charge in [0.05, 0.1) is 18.9 Å². The maximum absolute atomic E-state index is 11.8. The maximum Gasteiger partial charge on any atom is 0.359 e. The Kier molecular flexibility index (Phi) is 6.32. The van der Waals surface area contributed by atoms with Gasteiger partial charge in [-0.05, 0) is 32.9 Å². The van der Waals surface area contributed by atoms with Crippen molar-refractivity contribution in [2.75, 3.05) is 18.5 Å². The van der Waals surface area contributed by atoms with Crippen LogP contribution in [-0.4, -0.2) is 36.0 Å². The first kappa shape index (κ1) is 16.6. The summed E-state index contributed by atoms with van der Waals surface area (Å²) in [5.74, 6) is -1.84. The van der Waals surface area contributed by atoms with E-state index in [1.807, 2.05) is 0 Å². The monoisotopic (exact) mass is 294 g/mol. The van der Waals surface area contributed by atoms with Gasteiger partial charge < -0.3 is 14.8 Å². The van der Waals surface area contributed by atoms with Gasteiger partial charge in [-0.3, -0.25) is 9.59 Å². The Hall–Kier alpha value is -2.44. The van der Waals surface area contributed by atoms with Gasteiger partial charge in [0, 0.05) is 5.69 Å². The van der Waals surface area contributed by atoms with Gasteiger partial charge in [0.15, 0.2) is 5.69 Å². The van der Waals surface area contributed by atoms with E-state index >= 15 is 0 Å². The summed E-state index contributed by atoms with van der Waals surface area (Å²) in [7, 11) is 0. The normalized spacial score (nSPS) is 9.86.